The Morgan fingerprint density at radius 3 is 2.50 bits per heavy atom. The van der Waals surface area contributed by atoms with Crippen LogP contribution in [0.15, 0.2) is 57.5 Å². The molecule has 0 fully saturated rings. The quantitative estimate of drug-likeness (QED) is 0.637. The summed E-state index contributed by atoms with van der Waals surface area (Å²) in [6.45, 7) is 1.60. The molecular formula is C19H17BrN2O5S. The van der Waals surface area contributed by atoms with E-state index in [1.54, 1.807) is 43.3 Å². The molecule has 1 aromatic heterocycles. The van der Waals surface area contributed by atoms with Crippen LogP contribution in [-0.4, -0.2) is 31.2 Å². The molecule has 0 saturated heterocycles. The minimum Gasteiger partial charge on any atom is -0.463 e. The highest BCUT2D eigenvalue weighted by Crippen LogP contribution is 2.28. The Balaban J connectivity index is 1.90. The number of esters is 2. The average Bonchev–Trinajstić information content (AvgIpc) is 3.13. The lowest BCUT2D eigenvalue weighted by molar-refractivity contribution is -0.139. The molecule has 2 amide bonds. The molecule has 0 spiro atoms. The van der Waals surface area contributed by atoms with E-state index < -0.39 is 24.0 Å². The van der Waals surface area contributed by atoms with Gasteiger partial charge in [0.15, 0.2) is 0 Å². The van der Waals surface area contributed by atoms with Gasteiger partial charge in [-0.3, -0.25) is 0 Å². The maximum absolute atomic E-state index is 12.6. The van der Waals surface area contributed by atoms with Crippen LogP contribution in [0.5, 0.6) is 0 Å². The first kappa shape index (κ1) is 20.1. The fourth-order valence-electron chi connectivity index (χ4n) is 2.71. The summed E-state index contributed by atoms with van der Waals surface area (Å²) >= 11 is 4.52. The molecular weight excluding hydrogens is 448 g/mol. The van der Waals surface area contributed by atoms with Crippen molar-refractivity contribution in [2.24, 2.45) is 0 Å². The topological polar surface area (TPSA) is 93.7 Å². The highest BCUT2D eigenvalue weighted by Gasteiger charge is 2.34. The number of benzene rings is 1. The van der Waals surface area contributed by atoms with E-state index in [0.29, 0.717) is 10.4 Å². The van der Waals surface area contributed by atoms with Gasteiger partial charge in [-0.2, -0.15) is 0 Å². The number of urea groups is 1. The fraction of sp³-hybridized carbons (Fsp3) is 0.211. The van der Waals surface area contributed by atoms with E-state index in [-0.39, 0.29) is 24.5 Å². The summed E-state index contributed by atoms with van der Waals surface area (Å²) in [6.07, 6.45) is 0. The smallest absolute Gasteiger partial charge is 0.348 e. The lowest BCUT2D eigenvalue weighted by Gasteiger charge is -2.29. The van der Waals surface area contributed by atoms with Crippen molar-refractivity contribution in [3.63, 3.8) is 0 Å². The minimum absolute atomic E-state index is 0.175. The van der Waals surface area contributed by atoms with Crippen molar-refractivity contribution < 1.29 is 23.9 Å². The van der Waals surface area contributed by atoms with Gasteiger partial charge in [-0.05, 0) is 40.5 Å². The third-order valence-electron chi connectivity index (χ3n) is 3.90. The highest BCUT2D eigenvalue weighted by atomic mass is 79.9. The van der Waals surface area contributed by atoms with Gasteiger partial charge in [0, 0.05) is 0 Å². The number of hydrogen-bond donors (Lipinski definition) is 2. The second-order valence-corrected chi connectivity index (χ2v) is 8.20. The molecule has 1 aliphatic heterocycles. The summed E-state index contributed by atoms with van der Waals surface area (Å²) in [5.74, 6) is -1.13. The van der Waals surface area contributed by atoms with E-state index >= 15 is 0 Å². The van der Waals surface area contributed by atoms with E-state index in [9.17, 15) is 14.4 Å². The zero-order valence-electron chi connectivity index (χ0n) is 14.9. The van der Waals surface area contributed by atoms with Crippen LogP contribution in [0.2, 0.25) is 0 Å². The van der Waals surface area contributed by atoms with Crippen molar-refractivity contribution >= 4 is 45.2 Å². The van der Waals surface area contributed by atoms with E-state index in [2.05, 4.69) is 26.6 Å². The molecule has 9 heteroatoms. The average molecular weight is 465 g/mol. The predicted octanol–water partition coefficient (Wildman–Crippen LogP) is 3.54. The lowest BCUT2D eigenvalue weighted by Crippen LogP contribution is -2.47. The molecule has 2 N–H and O–H groups in total. The van der Waals surface area contributed by atoms with Crippen LogP contribution in [0.1, 0.15) is 28.2 Å². The van der Waals surface area contributed by atoms with Gasteiger partial charge in [0.25, 0.3) is 0 Å². The molecule has 1 unspecified atom stereocenters. The Kier molecular flexibility index (Phi) is 6.48. The summed E-state index contributed by atoms with van der Waals surface area (Å²) in [5.41, 5.74) is 1.11. The number of halogens is 1. The van der Waals surface area contributed by atoms with Gasteiger partial charge >= 0.3 is 18.0 Å². The van der Waals surface area contributed by atoms with Crippen LogP contribution in [0.3, 0.4) is 0 Å². The van der Waals surface area contributed by atoms with Gasteiger partial charge in [0.2, 0.25) is 0 Å². The third kappa shape index (κ3) is 4.60. The summed E-state index contributed by atoms with van der Waals surface area (Å²) in [7, 11) is 0. The Bertz CT molecular complexity index is 925. The van der Waals surface area contributed by atoms with Gasteiger partial charge in [-0.15, -0.1) is 11.3 Å². The third-order valence-corrected chi connectivity index (χ3v) is 5.51. The second kappa shape index (κ2) is 9.03. The first-order valence-electron chi connectivity index (χ1n) is 8.44. The van der Waals surface area contributed by atoms with E-state index in [4.69, 9.17) is 9.47 Å². The number of thiophene rings is 1. The molecule has 0 saturated carbocycles. The number of ether oxygens (including phenoxy) is 2. The molecule has 1 aromatic carbocycles. The molecule has 28 heavy (non-hydrogen) atoms. The molecule has 0 bridgehead atoms. The Hall–Kier alpha value is -2.65. The van der Waals surface area contributed by atoms with Crippen LogP contribution in [-0.2, 0) is 14.3 Å². The van der Waals surface area contributed by atoms with Gasteiger partial charge in [-0.25, -0.2) is 14.4 Å². The van der Waals surface area contributed by atoms with Gasteiger partial charge in [0.1, 0.15) is 11.5 Å². The van der Waals surface area contributed by atoms with Crippen molar-refractivity contribution in [3.8, 4) is 0 Å². The monoisotopic (exact) mass is 464 g/mol. The molecule has 0 radical (unpaired) electrons. The van der Waals surface area contributed by atoms with Crippen LogP contribution >= 0.6 is 27.3 Å². The normalized spacial score (nSPS) is 16.2. The second-order valence-electron chi connectivity index (χ2n) is 5.73. The highest BCUT2D eigenvalue weighted by molar-refractivity contribution is 9.11. The fourth-order valence-corrected chi connectivity index (χ4v) is 3.99. The van der Waals surface area contributed by atoms with E-state index in [1.807, 2.05) is 6.07 Å². The molecule has 1 atom stereocenters. The van der Waals surface area contributed by atoms with Gasteiger partial charge in [0.05, 0.1) is 27.7 Å². The van der Waals surface area contributed by atoms with Crippen molar-refractivity contribution in [1.82, 2.24) is 10.6 Å². The predicted molar refractivity (Wildman–Crippen MR) is 107 cm³/mol. The molecule has 1 aliphatic rings. The number of carbonyl (C=O) groups is 3. The van der Waals surface area contributed by atoms with Gasteiger partial charge < -0.3 is 20.1 Å². The Morgan fingerprint density at radius 1 is 1.11 bits per heavy atom. The van der Waals surface area contributed by atoms with Crippen molar-refractivity contribution in [2.45, 2.75) is 13.0 Å². The minimum atomic E-state index is -0.710. The standard InChI is InChI=1S/C19H17BrN2O5S/c1-2-26-18(24)15-12(10-27-17(23)13-8-9-14(20)28-13)21-19(25)22-16(15)11-6-4-3-5-7-11/h3-9,16H,2,10H2,1H3,(H2,21,22,25). The lowest BCUT2D eigenvalue weighted by atomic mass is 9.95. The number of carbonyl (C=O) groups excluding carboxylic acids is 3. The van der Waals surface area contributed by atoms with E-state index in [1.165, 1.54) is 11.3 Å². The van der Waals surface area contributed by atoms with Crippen LogP contribution in [0.25, 0.3) is 0 Å². The zero-order valence-corrected chi connectivity index (χ0v) is 17.3. The number of nitrogens with one attached hydrogen (secondary N) is 2. The SMILES string of the molecule is CCOC(=O)C1=C(COC(=O)c2ccc(Br)s2)NC(=O)NC1c1ccccc1. The maximum atomic E-state index is 12.6. The molecule has 2 heterocycles. The first-order chi connectivity index (χ1) is 13.5. The van der Waals surface area contributed by atoms with Crippen molar-refractivity contribution in [2.75, 3.05) is 13.2 Å². The molecule has 3 rings (SSSR count). The number of amides is 2. The number of hydrogen-bond acceptors (Lipinski definition) is 6. The Morgan fingerprint density at radius 2 is 1.86 bits per heavy atom. The molecule has 146 valence electrons. The van der Waals surface area contributed by atoms with Crippen molar-refractivity contribution in [1.29, 1.82) is 0 Å². The first-order valence-corrected chi connectivity index (χ1v) is 10.1. The summed E-state index contributed by atoms with van der Waals surface area (Å²) < 4.78 is 11.3. The Labute approximate surface area is 173 Å². The van der Waals surface area contributed by atoms with Crippen molar-refractivity contribution in [3.05, 3.63) is 68.0 Å². The van der Waals surface area contributed by atoms with Gasteiger partial charge in [-0.1, -0.05) is 30.3 Å². The number of rotatable bonds is 6. The van der Waals surface area contributed by atoms with E-state index in [0.717, 1.165) is 3.79 Å². The molecule has 0 aliphatic carbocycles. The maximum Gasteiger partial charge on any atom is 0.348 e. The molecule has 2 aromatic rings. The summed E-state index contributed by atoms with van der Waals surface area (Å²) in [5, 5.41) is 5.28. The summed E-state index contributed by atoms with van der Waals surface area (Å²) in [6, 6.07) is 11.2. The van der Waals surface area contributed by atoms with Crippen LogP contribution in [0, 0.1) is 0 Å². The van der Waals surface area contributed by atoms with Crippen LogP contribution < -0.4 is 10.6 Å². The van der Waals surface area contributed by atoms with Crippen LogP contribution in [0.4, 0.5) is 4.79 Å². The zero-order chi connectivity index (χ0) is 20.1. The summed E-state index contributed by atoms with van der Waals surface area (Å²) in [4.78, 5) is 37.4. The largest absolute Gasteiger partial charge is 0.463 e. The molecule has 7 nitrogen and oxygen atoms in total.